The molecule has 0 amide bonds. The molecule has 2 aromatic rings. The summed E-state index contributed by atoms with van der Waals surface area (Å²) < 4.78 is 19.5. The Morgan fingerprint density at radius 2 is 1.92 bits per heavy atom. The highest BCUT2D eigenvalue weighted by Gasteiger charge is 2.34. The quantitative estimate of drug-likeness (QED) is 0.733. The van der Waals surface area contributed by atoms with Crippen molar-refractivity contribution in [2.24, 2.45) is 0 Å². The molecule has 1 aliphatic heterocycles. The van der Waals surface area contributed by atoms with E-state index in [-0.39, 0.29) is 5.78 Å². The number of fused-ring (bicyclic) bond motifs is 1. The molecule has 0 radical (unpaired) electrons. The van der Waals surface area contributed by atoms with E-state index in [2.05, 4.69) is 0 Å². The van der Waals surface area contributed by atoms with Gasteiger partial charge in [0.15, 0.2) is 5.78 Å². The topological polar surface area (TPSA) is 39.2 Å². The Morgan fingerprint density at radius 3 is 2.54 bits per heavy atom. The van der Waals surface area contributed by atoms with Crippen LogP contribution in [0.3, 0.4) is 0 Å². The van der Waals surface area contributed by atoms with E-state index in [1.54, 1.807) is 0 Å². The van der Waals surface area contributed by atoms with Gasteiger partial charge >= 0.3 is 0 Å². The third-order valence-corrected chi connectivity index (χ3v) is 5.44. The molecule has 0 bridgehead atoms. The molecule has 1 aromatic heterocycles. The number of hydrogen-bond donors (Lipinski definition) is 0. The highest BCUT2D eigenvalue weighted by atomic mass is 35.5. The lowest BCUT2D eigenvalue weighted by atomic mass is 9.89. The van der Waals surface area contributed by atoms with Crippen molar-refractivity contribution < 1.29 is 13.9 Å². The van der Waals surface area contributed by atoms with Gasteiger partial charge in [0.1, 0.15) is 5.82 Å². The average molecular weight is 348 g/mol. The third-order valence-electron chi connectivity index (χ3n) is 5.03. The summed E-state index contributed by atoms with van der Waals surface area (Å²) in [6, 6.07) is 2.66. The smallest absolute Gasteiger partial charge is 0.162 e. The number of carbonyl (C=O) groups excluding carboxylic acids is 1. The van der Waals surface area contributed by atoms with Crippen LogP contribution < -0.4 is 0 Å². The van der Waals surface area contributed by atoms with Gasteiger partial charge in [-0.2, -0.15) is 0 Å². The Hall–Kier alpha value is -1.52. The van der Waals surface area contributed by atoms with Crippen LogP contribution in [0.2, 0.25) is 5.02 Å². The van der Waals surface area contributed by atoms with Crippen LogP contribution in [-0.4, -0.2) is 24.0 Å². The van der Waals surface area contributed by atoms with Gasteiger partial charge in [-0.3, -0.25) is 9.78 Å². The maximum atomic E-state index is 14.0. The number of carbonyl (C=O) groups is 1. The second-order valence-corrected chi connectivity index (χ2v) is 7.17. The van der Waals surface area contributed by atoms with E-state index in [1.165, 1.54) is 19.1 Å². The van der Waals surface area contributed by atoms with Crippen molar-refractivity contribution in [1.29, 1.82) is 0 Å². The Kier molecular flexibility index (Phi) is 4.05. The maximum Gasteiger partial charge on any atom is 0.162 e. The van der Waals surface area contributed by atoms with Gasteiger partial charge in [-0.25, -0.2) is 4.39 Å². The first-order valence-electron chi connectivity index (χ1n) is 8.47. The summed E-state index contributed by atoms with van der Waals surface area (Å²) in [7, 11) is 0. The van der Waals surface area contributed by atoms with Crippen molar-refractivity contribution in [3.8, 4) is 0 Å². The first-order chi connectivity index (χ1) is 11.6. The molecule has 126 valence electrons. The van der Waals surface area contributed by atoms with Gasteiger partial charge in [-0.15, -0.1) is 0 Å². The van der Waals surface area contributed by atoms with Crippen LogP contribution in [0.25, 0.3) is 10.9 Å². The number of pyridine rings is 1. The molecule has 0 unspecified atom stereocenters. The summed E-state index contributed by atoms with van der Waals surface area (Å²) in [6.45, 7) is 2.87. The molecule has 2 heterocycles. The van der Waals surface area contributed by atoms with Crippen molar-refractivity contribution in [1.82, 2.24) is 4.98 Å². The zero-order chi connectivity index (χ0) is 16.8. The minimum Gasteiger partial charge on any atom is -0.381 e. The third kappa shape index (κ3) is 2.72. The fourth-order valence-corrected chi connectivity index (χ4v) is 4.03. The van der Waals surface area contributed by atoms with Gasteiger partial charge in [0, 0.05) is 35.8 Å². The number of rotatable bonds is 3. The number of aromatic nitrogens is 1. The minimum atomic E-state index is -0.447. The van der Waals surface area contributed by atoms with Crippen LogP contribution in [0.5, 0.6) is 0 Å². The van der Waals surface area contributed by atoms with Crippen molar-refractivity contribution in [2.75, 3.05) is 13.2 Å². The summed E-state index contributed by atoms with van der Waals surface area (Å²) in [6.07, 6.45) is 4.01. The summed E-state index contributed by atoms with van der Waals surface area (Å²) in [5.74, 6) is 0.0644. The number of ketones is 1. The number of Topliss-reactive ketones (excluding diaryl/α,β-unsaturated/α-hetero) is 1. The minimum absolute atomic E-state index is 0.194. The van der Waals surface area contributed by atoms with Gasteiger partial charge in [-0.1, -0.05) is 11.6 Å². The van der Waals surface area contributed by atoms with E-state index < -0.39 is 5.82 Å². The van der Waals surface area contributed by atoms with Crippen LogP contribution in [-0.2, 0) is 4.74 Å². The monoisotopic (exact) mass is 347 g/mol. The lowest BCUT2D eigenvalue weighted by Crippen LogP contribution is -2.17. The van der Waals surface area contributed by atoms with Gasteiger partial charge in [0.05, 0.1) is 10.5 Å². The van der Waals surface area contributed by atoms with E-state index in [0.717, 1.165) is 50.2 Å². The molecule has 0 atom stereocenters. The largest absolute Gasteiger partial charge is 0.381 e. The van der Waals surface area contributed by atoms with Gasteiger partial charge in [0.25, 0.3) is 0 Å². The zero-order valence-corrected chi connectivity index (χ0v) is 14.3. The number of benzene rings is 1. The Balaban J connectivity index is 1.99. The summed E-state index contributed by atoms with van der Waals surface area (Å²) in [5.41, 5.74) is 2.89. The normalized spacial score (nSPS) is 19.0. The van der Waals surface area contributed by atoms with E-state index >= 15 is 0 Å². The standard InChI is InChI=1S/C19H19ClFNO2/c1-10(23)14-8-13(21)9-15-17(20)16(11-2-3-11)18(22-19(14)15)12-4-6-24-7-5-12/h8-9,11-12H,2-7H2,1H3. The molecule has 0 N–H and O–H groups in total. The number of hydrogen-bond acceptors (Lipinski definition) is 3. The second kappa shape index (κ2) is 6.08. The van der Waals surface area contributed by atoms with Crippen molar-refractivity contribution in [3.05, 3.63) is 39.8 Å². The number of halogens is 2. The fraction of sp³-hybridized carbons (Fsp3) is 0.474. The Morgan fingerprint density at radius 1 is 1.21 bits per heavy atom. The van der Waals surface area contributed by atoms with E-state index in [4.69, 9.17) is 21.3 Å². The first-order valence-corrected chi connectivity index (χ1v) is 8.85. The second-order valence-electron chi connectivity index (χ2n) is 6.79. The van der Waals surface area contributed by atoms with Crippen molar-refractivity contribution in [3.63, 3.8) is 0 Å². The molecule has 2 fully saturated rings. The van der Waals surface area contributed by atoms with Crippen molar-refractivity contribution in [2.45, 2.75) is 44.4 Å². The molecular weight excluding hydrogens is 329 g/mol. The average Bonchev–Trinajstić information content (AvgIpc) is 3.40. The number of ether oxygens (including phenoxy) is 1. The molecule has 4 rings (SSSR count). The van der Waals surface area contributed by atoms with Crippen LogP contribution in [0.1, 0.15) is 66.1 Å². The van der Waals surface area contributed by atoms with Crippen LogP contribution >= 0.6 is 11.6 Å². The van der Waals surface area contributed by atoms with Crippen molar-refractivity contribution >= 4 is 28.3 Å². The zero-order valence-electron chi connectivity index (χ0n) is 13.6. The van der Waals surface area contributed by atoms with E-state index in [1.807, 2.05) is 0 Å². The lowest BCUT2D eigenvalue weighted by molar-refractivity contribution is 0.0843. The fourth-order valence-electron chi connectivity index (χ4n) is 3.64. The molecule has 1 saturated heterocycles. The summed E-state index contributed by atoms with van der Waals surface area (Å²) >= 11 is 6.70. The molecule has 1 aliphatic carbocycles. The molecule has 1 saturated carbocycles. The molecule has 1 aromatic carbocycles. The lowest BCUT2D eigenvalue weighted by Gasteiger charge is -2.25. The van der Waals surface area contributed by atoms with Gasteiger partial charge in [-0.05, 0) is 56.2 Å². The van der Waals surface area contributed by atoms with Gasteiger partial charge < -0.3 is 4.74 Å². The number of nitrogens with zero attached hydrogens (tertiary/aromatic N) is 1. The Bertz CT molecular complexity index is 826. The van der Waals surface area contributed by atoms with E-state index in [0.29, 0.717) is 33.3 Å². The summed E-state index contributed by atoms with van der Waals surface area (Å²) in [5, 5.41) is 1.13. The SMILES string of the molecule is CC(=O)c1cc(F)cc2c(Cl)c(C3CC3)c(C3CCOCC3)nc12. The molecular formula is C19H19ClFNO2. The summed E-state index contributed by atoms with van der Waals surface area (Å²) in [4.78, 5) is 16.8. The Labute approximate surface area is 145 Å². The first kappa shape index (κ1) is 16.0. The predicted molar refractivity (Wildman–Crippen MR) is 91.5 cm³/mol. The predicted octanol–water partition coefficient (Wildman–Crippen LogP) is 5.00. The van der Waals surface area contributed by atoms with Crippen LogP contribution in [0.4, 0.5) is 4.39 Å². The van der Waals surface area contributed by atoms with Gasteiger partial charge in [0.2, 0.25) is 0 Å². The highest BCUT2D eigenvalue weighted by molar-refractivity contribution is 6.36. The van der Waals surface area contributed by atoms with Crippen LogP contribution in [0, 0.1) is 5.82 Å². The molecule has 3 nitrogen and oxygen atoms in total. The van der Waals surface area contributed by atoms with E-state index in [9.17, 15) is 9.18 Å². The molecule has 2 aliphatic rings. The highest BCUT2D eigenvalue weighted by Crippen LogP contribution is 2.49. The molecule has 0 spiro atoms. The maximum absolute atomic E-state index is 14.0. The molecule has 5 heteroatoms. The van der Waals surface area contributed by atoms with Crippen LogP contribution in [0.15, 0.2) is 12.1 Å². The molecule has 24 heavy (non-hydrogen) atoms.